The van der Waals surface area contributed by atoms with Crippen molar-refractivity contribution in [3.8, 4) is 5.75 Å². The van der Waals surface area contributed by atoms with Gasteiger partial charge in [0.2, 0.25) is 11.5 Å². The fourth-order valence-electron chi connectivity index (χ4n) is 3.81. The number of methoxy groups -OCH3 is 1. The van der Waals surface area contributed by atoms with Crippen molar-refractivity contribution in [3.63, 3.8) is 0 Å². The number of hydrogen-bond acceptors (Lipinski definition) is 6. The molecule has 3 atom stereocenters. The van der Waals surface area contributed by atoms with E-state index in [0.29, 0.717) is 24.3 Å². The molecule has 1 fully saturated rings. The van der Waals surface area contributed by atoms with Gasteiger partial charge in [-0.1, -0.05) is 0 Å². The molecule has 156 valence electrons. The van der Waals surface area contributed by atoms with Crippen LogP contribution in [0.3, 0.4) is 0 Å². The third-order valence-electron chi connectivity index (χ3n) is 5.55. The first-order valence-corrected chi connectivity index (χ1v) is 10.0. The van der Waals surface area contributed by atoms with E-state index in [4.69, 9.17) is 14.2 Å². The number of benzene rings is 1. The Hall–Kier alpha value is -3.19. The molecule has 1 aliphatic heterocycles. The molecule has 1 aromatic heterocycles. The van der Waals surface area contributed by atoms with Crippen molar-refractivity contribution in [2.75, 3.05) is 7.11 Å². The van der Waals surface area contributed by atoms with Gasteiger partial charge in [0, 0.05) is 38.0 Å². The second-order valence-corrected chi connectivity index (χ2v) is 7.46. The quantitative estimate of drug-likeness (QED) is 0.791. The number of rotatable bonds is 6. The number of Topliss-reactive ketones (excluding diaryl/α,β-unsaturated/α-hetero) is 1. The van der Waals surface area contributed by atoms with Gasteiger partial charge in [-0.2, -0.15) is 0 Å². The van der Waals surface area contributed by atoms with E-state index in [1.54, 1.807) is 43.8 Å². The van der Waals surface area contributed by atoms with Gasteiger partial charge in [0.15, 0.2) is 0 Å². The van der Waals surface area contributed by atoms with E-state index in [2.05, 4.69) is 10.3 Å². The molecule has 1 amide bonds. The molecule has 7 heteroatoms. The molecule has 1 aromatic carbocycles. The first-order valence-electron chi connectivity index (χ1n) is 10.0. The van der Waals surface area contributed by atoms with Gasteiger partial charge >= 0.3 is 0 Å². The van der Waals surface area contributed by atoms with E-state index in [-0.39, 0.29) is 35.6 Å². The van der Waals surface area contributed by atoms with Gasteiger partial charge in [-0.15, -0.1) is 0 Å². The molecule has 0 radical (unpaired) electrons. The summed E-state index contributed by atoms with van der Waals surface area (Å²) in [6.07, 6.45) is 7.01. The average Bonchev–Trinajstić information content (AvgIpc) is 2.80. The Balaban J connectivity index is 1.35. The SMILES string of the molecule is COC1CCC2C(=O)C(Oc3ccc(C(=O)NCc4ccncc4)cc3)=COC2C1. The van der Waals surface area contributed by atoms with Crippen LogP contribution >= 0.6 is 0 Å². The lowest BCUT2D eigenvalue weighted by molar-refractivity contribution is -0.133. The van der Waals surface area contributed by atoms with Gasteiger partial charge < -0.3 is 19.5 Å². The fraction of sp³-hybridized carbons (Fsp3) is 0.348. The summed E-state index contributed by atoms with van der Waals surface area (Å²) in [5, 5.41) is 2.86. The molecule has 0 spiro atoms. The minimum absolute atomic E-state index is 0.0417. The molecular formula is C23H24N2O5. The van der Waals surface area contributed by atoms with Gasteiger partial charge in [-0.25, -0.2) is 0 Å². The molecular weight excluding hydrogens is 384 g/mol. The molecule has 0 bridgehead atoms. The molecule has 7 nitrogen and oxygen atoms in total. The van der Waals surface area contributed by atoms with Gasteiger partial charge in [-0.05, 0) is 54.8 Å². The Morgan fingerprint density at radius 1 is 1.17 bits per heavy atom. The molecule has 2 aliphatic rings. The van der Waals surface area contributed by atoms with Crippen molar-refractivity contribution in [1.82, 2.24) is 10.3 Å². The predicted molar refractivity (Wildman–Crippen MR) is 109 cm³/mol. The number of pyridine rings is 1. The number of allylic oxidation sites excluding steroid dienone is 1. The Morgan fingerprint density at radius 3 is 2.67 bits per heavy atom. The Morgan fingerprint density at radius 2 is 1.93 bits per heavy atom. The van der Waals surface area contributed by atoms with Crippen LogP contribution in [0.1, 0.15) is 35.2 Å². The minimum Gasteiger partial charge on any atom is -0.493 e. The van der Waals surface area contributed by atoms with Crippen LogP contribution in [0.25, 0.3) is 0 Å². The third-order valence-corrected chi connectivity index (χ3v) is 5.55. The van der Waals surface area contributed by atoms with Crippen molar-refractivity contribution in [1.29, 1.82) is 0 Å². The zero-order chi connectivity index (χ0) is 20.9. The van der Waals surface area contributed by atoms with Gasteiger partial charge in [-0.3, -0.25) is 14.6 Å². The first kappa shape index (κ1) is 20.1. The topological polar surface area (TPSA) is 86.8 Å². The Labute approximate surface area is 175 Å². The first-order chi connectivity index (χ1) is 14.6. The maximum absolute atomic E-state index is 12.8. The van der Waals surface area contributed by atoms with E-state index >= 15 is 0 Å². The zero-order valence-corrected chi connectivity index (χ0v) is 16.7. The lowest BCUT2D eigenvalue weighted by atomic mass is 9.80. The molecule has 1 N–H and O–H groups in total. The molecule has 30 heavy (non-hydrogen) atoms. The van der Waals surface area contributed by atoms with E-state index in [1.807, 2.05) is 12.1 Å². The predicted octanol–water partition coefficient (Wildman–Crippen LogP) is 3.01. The number of amides is 1. The van der Waals surface area contributed by atoms with Crippen molar-refractivity contribution in [2.45, 2.75) is 38.0 Å². The number of ketones is 1. The van der Waals surface area contributed by atoms with Crippen molar-refractivity contribution < 1.29 is 23.8 Å². The molecule has 1 aliphatic carbocycles. The van der Waals surface area contributed by atoms with Crippen molar-refractivity contribution >= 4 is 11.7 Å². The molecule has 0 saturated heterocycles. The highest BCUT2D eigenvalue weighted by molar-refractivity contribution is 5.97. The normalized spacial score (nSPS) is 23.0. The molecule has 2 aromatic rings. The highest BCUT2D eigenvalue weighted by Crippen LogP contribution is 2.34. The molecule has 1 saturated carbocycles. The van der Waals surface area contributed by atoms with Crippen LogP contribution in [-0.2, 0) is 20.8 Å². The van der Waals surface area contributed by atoms with Crippen LogP contribution in [0, 0.1) is 5.92 Å². The minimum atomic E-state index is -0.199. The van der Waals surface area contributed by atoms with Crippen LogP contribution in [0.4, 0.5) is 0 Å². The summed E-state index contributed by atoms with van der Waals surface area (Å²) >= 11 is 0. The molecule has 2 heterocycles. The van der Waals surface area contributed by atoms with E-state index in [1.165, 1.54) is 6.26 Å². The van der Waals surface area contributed by atoms with E-state index in [9.17, 15) is 9.59 Å². The second-order valence-electron chi connectivity index (χ2n) is 7.46. The highest BCUT2D eigenvalue weighted by Gasteiger charge is 2.41. The summed E-state index contributed by atoms with van der Waals surface area (Å²) in [6.45, 7) is 0.421. The summed E-state index contributed by atoms with van der Waals surface area (Å²) in [7, 11) is 1.68. The maximum Gasteiger partial charge on any atom is 0.251 e. The second kappa shape index (κ2) is 9.09. The fourth-order valence-corrected chi connectivity index (χ4v) is 3.81. The number of nitrogens with one attached hydrogen (secondary N) is 1. The highest BCUT2D eigenvalue weighted by atomic mass is 16.5. The van der Waals surface area contributed by atoms with Crippen molar-refractivity contribution in [2.24, 2.45) is 5.92 Å². The van der Waals surface area contributed by atoms with Crippen LogP contribution in [0.15, 0.2) is 60.8 Å². The van der Waals surface area contributed by atoms with Gasteiger partial charge in [0.25, 0.3) is 5.91 Å². The summed E-state index contributed by atoms with van der Waals surface area (Å²) in [4.78, 5) is 29.0. The summed E-state index contributed by atoms with van der Waals surface area (Å²) in [5.41, 5.74) is 1.48. The Bertz CT molecular complexity index is 926. The Kier molecular flexibility index (Phi) is 6.09. The number of carbonyl (C=O) groups is 2. The van der Waals surface area contributed by atoms with E-state index in [0.717, 1.165) is 18.4 Å². The maximum atomic E-state index is 12.8. The van der Waals surface area contributed by atoms with Gasteiger partial charge in [0.1, 0.15) is 18.1 Å². The molecule has 4 rings (SSSR count). The number of ether oxygens (including phenoxy) is 3. The third kappa shape index (κ3) is 4.52. The van der Waals surface area contributed by atoms with Crippen LogP contribution < -0.4 is 10.1 Å². The smallest absolute Gasteiger partial charge is 0.251 e. The molecule has 3 unspecified atom stereocenters. The lowest BCUT2D eigenvalue weighted by Gasteiger charge is -2.36. The van der Waals surface area contributed by atoms with E-state index < -0.39 is 0 Å². The number of fused-ring (bicyclic) bond motifs is 1. The van der Waals surface area contributed by atoms with Crippen LogP contribution in [0.2, 0.25) is 0 Å². The summed E-state index contributed by atoms with van der Waals surface area (Å²) in [5.74, 6) is 0.247. The van der Waals surface area contributed by atoms with Crippen LogP contribution in [0.5, 0.6) is 5.75 Å². The number of nitrogens with zero attached hydrogens (tertiary/aromatic N) is 1. The average molecular weight is 408 g/mol. The monoisotopic (exact) mass is 408 g/mol. The summed E-state index contributed by atoms with van der Waals surface area (Å²) in [6, 6.07) is 10.4. The lowest BCUT2D eigenvalue weighted by Crippen LogP contribution is -2.42. The summed E-state index contributed by atoms with van der Waals surface area (Å²) < 4.78 is 16.9. The number of hydrogen-bond donors (Lipinski definition) is 1. The standard InChI is InChI=1S/C23H24N2O5/c1-28-18-6-7-19-20(12-18)29-14-21(22(19)26)30-17-4-2-16(3-5-17)23(27)25-13-15-8-10-24-11-9-15/h2-5,8-11,14,18-20H,6-7,12-13H2,1H3,(H,25,27). The van der Waals surface area contributed by atoms with Gasteiger partial charge in [0.05, 0.1) is 12.0 Å². The number of aromatic nitrogens is 1. The zero-order valence-electron chi connectivity index (χ0n) is 16.7. The van der Waals surface area contributed by atoms with Crippen LogP contribution in [-0.4, -0.2) is 36.0 Å². The largest absolute Gasteiger partial charge is 0.493 e. The number of carbonyl (C=O) groups excluding carboxylic acids is 2. The van der Waals surface area contributed by atoms with Crippen molar-refractivity contribution in [3.05, 3.63) is 71.9 Å².